The number of guanidine groups is 1. The number of aliphatic imine (C=N–C) groups is 1. The maximum absolute atomic E-state index is 12.7. The molecule has 9 heteroatoms. The van der Waals surface area contributed by atoms with Crippen molar-refractivity contribution in [3.63, 3.8) is 0 Å². The first kappa shape index (κ1) is 23.3. The topological polar surface area (TPSA) is 69.2 Å². The zero-order valence-corrected chi connectivity index (χ0v) is 18.1. The highest BCUT2D eigenvalue weighted by molar-refractivity contribution is 5.86. The number of anilines is 1. The van der Waals surface area contributed by atoms with E-state index in [0.717, 1.165) is 18.8 Å². The van der Waals surface area contributed by atoms with Crippen molar-refractivity contribution >= 4 is 17.6 Å². The molecular weight excluding hydrogens is 416 g/mol. The molecule has 0 bridgehead atoms. The second-order valence-electron chi connectivity index (χ2n) is 7.24. The number of carbonyl (C=O) groups excluding carboxylic acids is 1. The summed E-state index contributed by atoms with van der Waals surface area (Å²) in [5, 5.41) is 6.11. The van der Waals surface area contributed by atoms with E-state index in [0.29, 0.717) is 31.2 Å². The summed E-state index contributed by atoms with van der Waals surface area (Å²) in [5.41, 5.74) is 1.70. The van der Waals surface area contributed by atoms with Gasteiger partial charge in [-0.15, -0.1) is 0 Å². The number of ether oxygens (including phenoxy) is 1. The Labute approximate surface area is 187 Å². The third-order valence-corrected chi connectivity index (χ3v) is 5.10. The average Bonchev–Trinajstić information content (AvgIpc) is 2.82. The lowest BCUT2D eigenvalue weighted by Gasteiger charge is -2.36. The van der Waals surface area contributed by atoms with Gasteiger partial charge in [0.05, 0.1) is 13.1 Å². The molecule has 1 aliphatic rings. The molecule has 172 valence electrons. The van der Waals surface area contributed by atoms with Gasteiger partial charge in [-0.3, -0.25) is 4.79 Å². The van der Waals surface area contributed by atoms with Crippen molar-refractivity contribution in [2.24, 2.45) is 4.99 Å². The molecule has 2 aromatic carbocycles. The Bertz CT molecular complexity index is 887. The van der Waals surface area contributed by atoms with Gasteiger partial charge in [-0.05, 0) is 25.1 Å². The minimum Gasteiger partial charge on any atom is -0.434 e. The fourth-order valence-corrected chi connectivity index (χ4v) is 3.48. The van der Waals surface area contributed by atoms with Gasteiger partial charge in [0.25, 0.3) is 0 Å². The van der Waals surface area contributed by atoms with Gasteiger partial charge in [-0.25, -0.2) is 4.99 Å². The highest BCUT2D eigenvalue weighted by atomic mass is 19.3. The van der Waals surface area contributed by atoms with Crippen molar-refractivity contribution < 1.29 is 18.3 Å². The monoisotopic (exact) mass is 445 g/mol. The second kappa shape index (κ2) is 11.9. The number of carbonyl (C=O) groups is 1. The predicted molar refractivity (Wildman–Crippen MR) is 121 cm³/mol. The van der Waals surface area contributed by atoms with Gasteiger partial charge < -0.3 is 25.2 Å². The number of piperazine rings is 1. The normalized spacial score (nSPS) is 14.4. The Morgan fingerprint density at radius 1 is 1.03 bits per heavy atom. The molecule has 2 aromatic rings. The van der Waals surface area contributed by atoms with Crippen LogP contribution < -0.4 is 20.3 Å². The maximum atomic E-state index is 12.7. The number of alkyl halides is 2. The molecule has 1 amide bonds. The molecule has 0 aromatic heterocycles. The van der Waals surface area contributed by atoms with Gasteiger partial charge in [0.15, 0.2) is 5.96 Å². The van der Waals surface area contributed by atoms with E-state index in [4.69, 9.17) is 0 Å². The SMILES string of the molecule is CCNC(=NCc1ccccc1OC(F)F)NCC(=O)N1CCN(c2ccccc2)CC1. The largest absolute Gasteiger partial charge is 0.434 e. The Kier molecular flexibility index (Phi) is 8.65. The summed E-state index contributed by atoms with van der Waals surface area (Å²) in [6.07, 6.45) is 0. The molecule has 0 radical (unpaired) electrons. The van der Waals surface area contributed by atoms with Crippen molar-refractivity contribution in [3.8, 4) is 5.75 Å². The van der Waals surface area contributed by atoms with Crippen LogP contribution in [0.2, 0.25) is 0 Å². The van der Waals surface area contributed by atoms with E-state index in [-0.39, 0.29) is 24.7 Å². The first-order chi connectivity index (χ1) is 15.6. The number of hydrogen-bond donors (Lipinski definition) is 2. The van der Waals surface area contributed by atoms with E-state index in [9.17, 15) is 13.6 Å². The minimum atomic E-state index is -2.90. The first-order valence-electron chi connectivity index (χ1n) is 10.7. The Hall–Kier alpha value is -3.36. The van der Waals surface area contributed by atoms with E-state index in [2.05, 4.69) is 37.4 Å². The Balaban J connectivity index is 1.52. The quantitative estimate of drug-likeness (QED) is 0.483. The van der Waals surface area contributed by atoms with E-state index < -0.39 is 6.61 Å². The smallest absolute Gasteiger partial charge is 0.387 e. The number of benzene rings is 2. The number of hydrogen-bond acceptors (Lipinski definition) is 4. The predicted octanol–water partition coefficient (Wildman–Crippen LogP) is 2.69. The van der Waals surface area contributed by atoms with Crippen molar-refractivity contribution in [2.45, 2.75) is 20.1 Å². The van der Waals surface area contributed by atoms with Gasteiger partial charge in [0.1, 0.15) is 5.75 Å². The molecule has 2 N–H and O–H groups in total. The van der Waals surface area contributed by atoms with Gasteiger partial charge in [-0.2, -0.15) is 8.78 Å². The van der Waals surface area contributed by atoms with Crippen LogP contribution in [-0.4, -0.2) is 62.6 Å². The summed E-state index contributed by atoms with van der Waals surface area (Å²) in [4.78, 5) is 21.2. The summed E-state index contributed by atoms with van der Waals surface area (Å²) >= 11 is 0. The van der Waals surface area contributed by atoms with Crippen LogP contribution in [-0.2, 0) is 11.3 Å². The molecule has 32 heavy (non-hydrogen) atoms. The van der Waals surface area contributed by atoms with Crippen molar-refractivity contribution in [1.29, 1.82) is 0 Å². The van der Waals surface area contributed by atoms with Crippen LogP contribution in [0.25, 0.3) is 0 Å². The van der Waals surface area contributed by atoms with Crippen LogP contribution in [0, 0.1) is 0 Å². The molecule has 0 saturated carbocycles. The first-order valence-corrected chi connectivity index (χ1v) is 10.7. The molecule has 1 heterocycles. The number of rotatable bonds is 8. The summed E-state index contributed by atoms with van der Waals surface area (Å²) in [5.74, 6) is 0.523. The minimum absolute atomic E-state index is 0.00949. The lowest BCUT2D eigenvalue weighted by molar-refractivity contribution is -0.130. The van der Waals surface area contributed by atoms with Gasteiger partial charge in [-0.1, -0.05) is 36.4 Å². The average molecular weight is 446 g/mol. The Morgan fingerprint density at radius 3 is 2.41 bits per heavy atom. The van der Waals surface area contributed by atoms with Gasteiger partial charge in [0.2, 0.25) is 5.91 Å². The lowest BCUT2D eigenvalue weighted by atomic mass is 10.2. The van der Waals surface area contributed by atoms with E-state index in [1.165, 1.54) is 6.07 Å². The zero-order valence-electron chi connectivity index (χ0n) is 18.1. The molecule has 3 rings (SSSR count). The van der Waals surface area contributed by atoms with E-state index >= 15 is 0 Å². The van der Waals surface area contributed by atoms with Crippen LogP contribution in [0.15, 0.2) is 59.6 Å². The second-order valence-corrected chi connectivity index (χ2v) is 7.24. The molecule has 1 fully saturated rings. The molecular formula is C23H29F2N5O2. The molecule has 0 aliphatic carbocycles. The van der Waals surface area contributed by atoms with Crippen molar-refractivity contribution in [2.75, 3.05) is 44.2 Å². The Morgan fingerprint density at radius 2 is 1.72 bits per heavy atom. The lowest BCUT2D eigenvalue weighted by Crippen LogP contribution is -2.52. The number of halogens is 2. The van der Waals surface area contributed by atoms with Crippen LogP contribution in [0.5, 0.6) is 5.75 Å². The number of nitrogens with one attached hydrogen (secondary N) is 2. The third-order valence-electron chi connectivity index (χ3n) is 5.10. The fraction of sp³-hybridized carbons (Fsp3) is 0.391. The van der Waals surface area contributed by atoms with Crippen molar-refractivity contribution in [1.82, 2.24) is 15.5 Å². The standard InChI is InChI=1S/C23H29F2N5O2/c1-2-26-23(27-16-18-8-6-7-11-20(18)32-22(24)25)28-17-21(31)30-14-12-29(13-15-30)19-9-4-3-5-10-19/h3-11,22H,2,12-17H2,1H3,(H2,26,27,28). The van der Waals surface area contributed by atoms with Crippen LogP contribution >= 0.6 is 0 Å². The highest BCUT2D eigenvalue weighted by Gasteiger charge is 2.21. The van der Waals surface area contributed by atoms with Gasteiger partial charge in [0, 0.05) is 44.0 Å². The number of para-hydroxylation sites is 2. The molecule has 1 aliphatic heterocycles. The van der Waals surface area contributed by atoms with Crippen molar-refractivity contribution in [3.05, 3.63) is 60.2 Å². The third kappa shape index (κ3) is 6.83. The molecule has 7 nitrogen and oxygen atoms in total. The van der Waals surface area contributed by atoms with Crippen LogP contribution in [0.4, 0.5) is 14.5 Å². The van der Waals surface area contributed by atoms with E-state index in [1.54, 1.807) is 18.2 Å². The number of nitrogens with zero attached hydrogens (tertiary/aromatic N) is 3. The summed E-state index contributed by atoms with van der Waals surface area (Å²) in [6, 6.07) is 16.7. The van der Waals surface area contributed by atoms with E-state index in [1.807, 2.05) is 30.0 Å². The summed E-state index contributed by atoms with van der Waals surface area (Å²) in [6.45, 7) is 2.74. The fourth-order valence-electron chi connectivity index (χ4n) is 3.48. The van der Waals surface area contributed by atoms with Gasteiger partial charge >= 0.3 is 6.61 Å². The number of amides is 1. The molecule has 1 saturated heterocycles. The molecule has 0 atom stereocenters. The summed E-state index contributed by atoms with van der Waals surface area (Å²) < 4.78 is 29.7. The maximum Gasteiger partial charge on any atom is 0.387 e. The highest BCUT2D eigenvalue weighted by Crippen LogP contribution is 2.21. The molecule has 0 spiro atoms. The summed E-state index contributed by atoms with van der Waals surface area (Å²) in [7, 11) is 0. The molecule has 0 unspecified atom stereocenters. The zero-order chi connectivity index (χ0) is 22.8. The van der Waals surface area contributed by atoms with Crippen LogP contribution in [0.1, 0.15) is 12.5 Å². The van der Waals surface area contributed by atoms with Crippen LogP contribution in [0.3, 0.4) is 0 Å².